The molecule has 0 heterocycles. The van der Waals surface area contributed by atoms with Crippen LogP contribution in [0.25, 0.3) is 21.9 Å². The average molecular weight is 787 g/mol. The average Bonchev–Trinajstić information content (AvgIpc) is 3.41. The highest BCUT2D eigenvalue weighted by Crippen LogP contribution is 2.45. The van der Waals surface area contributed by atoms with E-state index in [1.54, 1.807) is 6.08 Å². The number of halogens is 2. The van der Waals surface area contributed by atoms with Gasteiger partial charge in [0.2, 0.25) is 0 Å². The molecule has 250 valence electrons. The van der Waals surface area contributed by atoms with Crippen LogP contribution in [0.5, 0.6) is 5.75 Å². The van der Waals surface area contributed by atoms with Crippen LogP contribution in [0, 0.1) is 3.57 Å². The van der Waals surface area contributed by atoms with Crippen LogP contribution in [0.2, 0.25) is 0 Å². The number of hydrogen-bond donors (Lipinski definition) is 1. The molecular weight excluding hydrogens is 751 g/mol. The Hall–Kier alpha value is -4.54. The van der Waals surface area contributed by atoms with Crippen LogP contribution in [0.15, 0.2) is 115 Å². The minimum absolute atomic E-state index is 0.0469. The number of amides is 2. The molecule has 5 aromatic carbocycles. The zero-order chi connectivity index (χ0) is 34.5. The van der Waals surface area contributed by atoms with Gasteiger partial charge in [0.15, 0.2) is 0 Å². The Bertz CT molecular complexity index is 1980. The van der Waals surface area contributed by atoms with E-state index in [9.17, 15) is 9.59 Å². The van der Waals surface area contributed by atoms with Gasteiger partial charge in [-0.2, -0.15) is 0 Å². The number of nitrogens with zero attached hydrogens (tertiary/aromatic N) is 1. The Kier molecular flexibility index (Phi) is 10.5. The van der Waals surface area contributed by atoms with Crippen molar-refractivity contribution in [2.45, 2.75) is 38.9 Å². The summed E-state index contributed by atoms with van der Waals surface area (Å²) in [5.74, 6) is 0.489. The van der Waals surface area contributed by atoms with Gasteiger partial charge in [0.25, 0.3) is 0 Å². The topological polar surface area (TPSA) is 77.1 Å². The van der Waals surface area contributed by atoms with E-state index in [0.717, 1.165) is 31.0 Å². The number of carbonyl (C=O) groups excluding carboxylic acids is 2. The molecular formula is C40H36ClIN2O5. The Morgan fingerprint density at radius 3 is 2.18 bits per heavy atom. The summed E-state index contributed by atoms with van der Waals surface area (Å²) in [7, 11) is 0. The van der Waals surface area contributed by atoms with Gasteiger partial charge in [-0.1, -0.05) is 103 Å². The lowest BCUT2D eigenvalue weighted by molar-refractivity contribution is 0.0584. The minimum atomic E-state index is -0.700. The molecule has 0 saturated carbocycles. The first-order valence-corrected chi connectivity index (χ1v) is 17.4. The highest BCUT2D eigenvalue weighted by atomic mass is 127. The third kappa shape index (κ3) is 7.86. The predicted molar refractivity (Wildman–Crippen MR) is 205 cm³/mol. The number of hydrogen-bond acceptors (Lipinski definition) is 5. The van der Waals surface area contributed by atoms with Gasteiger partial charge in [0.1, 0.15) is 24.6 Å². The maximum Gasteiger partial charge on any atom is 0.415 e. The van der Waals surface area contributed by atoms with Crippen molar-refractivity contribution in [1.82, 2.24) is 0 Å². The van der Waals surface area contributed by atoms with E-state index in [2.05, 4.69) is 52.2 Å². The summed E-state index contributed by atoms with van der Waals surface area (Å²) in [5.41, 5.74) is 7.45. The maximum atomic E-state index is 13.4. The van der Waals surface area contributed by atoms with Gasteiger partial charge in [-0.25, -0.2) is 9.59 Å². The van der Waals surface area contributed by atoms with E-state index < -0.39 is 17.8 Å². The second kappa shape index (κ2) is 14.9. The van der Waals surface area contributed by atoms with Gasteiger partial charge in [-0.15, -0.1) is 0 Å². The van der Waals surface area contributed by atoms with Gasteiger partial charge >= 0.3 is 12.2 Å². The van der Waals surface area contributed by atoms with Gasteiger partial charge < -0.3 is 14.2 Å². The summed E-state index contributed by atoms with van der Waals surface area (Å²) in [5, 5.41) is 4.51. The molecule has 0 saturated heterocycles. The summed E-state index contributed by atoms with van der Waals surface area (Å²) in [6.45, 7) is 6.17. The summed E-state index contributed by atoms with van der Waals surface area (Å²) >= 11 is 8.12. The van der Waals surface area contributed by atoms with Gasteiger partial charge in [0, 0.05) is 44.1 Å². The Labute approximate surface area is 305 Å². The van der Waals surface area contributed by atoms with Crippen molar-refractivity contribution in [2.75, 3.05) is 23.4 Å². The van der Waals surface area contributed by atoms with Gasteiger partial charge in [-0.3, -0.25) is 10.2 Å². The van der Waals surface area contributed by atoms with Crippen molar-refractivity contribution in [1.29, 1.82) is 0 Å². The van der Waals surface area contributed by atoms with E-state index in [1.807, 2.05) is 99.6 Å². The number of nitrogens with one attached hydrogen (secondary N) is 1. The Balaban J connectivity index is 1.29. The van der Waals surface area contributed by atoms with Gasteiger partial charge in [-0.05, 0) is 83.3 Å². The highest BCUT2D eigenvalue weighted by Gasteiger charge is 2.29. The van der Waals surface area contributed by atoms with Crippen LogP contribution >= 0.6 is 34.2 Å². The van der Waals surface area contributed by atoms with E-state index in [0.29, 0.717) is 23.7 Å². The zero-order valence-corrected chi connectivity index (χ0v) is 30.3. The lowest BCUT2D eigenvalue weighted by Gasteiger charge is -2.28. The first-order chi connectivity index (χ1) is 23.6. The number of rotatable bonds is 9. The highest BCUT2D eigenvalue weighted by molar-refractivity contribution is 14.1. The van der Waals surface area contributed by atoms with Crippen LogP contribution < -0.4 is 15.0 Å². The standard InChI is InChI=1S/C40H36ClIN2O5/c1-40(2,3)49-39(46)44(21-11-20-41)35-23-36(47-24-26-12-5-4-6-13-26)33-22-27(18-19-32(33)37(35)42)43-38(45)48-25-34-30-16-9-7-14-28(30)29-15-8-10-17-31(29)34/h4-20,22-23,34H,21,24-25H2,1-3H3,(H,43,45)/b20-11+. The zero-order valence-electron chi connectivity index (χ0n) is 27.4. The number of anilines is 2. The third-order valence-electron chi connectivity index (χ3n) is 8.12. The molecule has 1 aliphatic carbocycles. The fraction of sp³-hybridized carbons (Fsp3) is 0.200. The smallest absolute Gasteiger partial charge is 0.415 e. The maximum absolute atomic E-state index is 13.4. The molecule has 0 unspecified atom stereocenters. The number of carbonyl (C=O) groups is 2. The predicted octanol–water partition coefficient (Wildman–Crippen LogP) is 10.9. The molecule has 6 rings (SSSR count). The van der Waals surface area contributed by atoms with Crippen molar-refractivity contribution < 1.29 is 23.8 Å². The molecule has 49 heavy (non-hydrogen) atoms. The monoisotopic (exact) mass is 786 g/mol. The van der Waals surface area contributed by atoms with E-state index in [1.165, 1.54) is 21.6 Å². The first kappa shape index (κ1) is 34.3. The molecule has 5 aromatic rings. The SMILES string of the molecule is CC(C)(C)OC(=O)N(C/C=C/Cl)c1cc(OCc2ccccc2)c2cc(NC(=O)OCC3c4ccccc4-c4ccccc43)ccc2c1I. The van der Waals surface area contributed by atoms with Crippen molar-refractivity contribution in [3.05, 3.63) is 135 Å². The summed E-state index contributed by atoms with van der Waals surface area (Å²) in [6, 6.07) is 33.7. The van der Waals surface area contributed by atoms with Crippen LogP contribution in [-0.2, 0) is 16.1 Å². The molecule has 2 amide bonds. The van der Waals surface area contributed by atoms with Crippen molar-refractivity contribution in [2.24, 2.45) is 0 Å². The van der Waals surface area contributed by atoms with Crippen molar-refractivity contribution >= 4 is 68.5 Å². The van der Waals surface area contributed by atoms with Crippen LogP contribution in [0.1, 0.15) is 43.4 Å². The van der Waals surface area contributed by atoms with Crippen LogP contribution in [0.4, 0.5) is 21.0 Å². The van der Waals surface area contributed by atoms with E-state index >= 15 is 0 Å². The molecule has 0 fully saturated rings. The summed E-state index contributed by atoms with van der Waals surface area (Å²) in [6.07, 6.45) is 0.614. The van der Waals surface area contributed by atoms with Crippen molar-refractivity contribution in [3.63, 3.8) is 0 Å². The summed E-state index contributed by atoms with van der Waals surface area (Å²) in [4.78, 5) is 28.1. The number of benzene rings is 5. The lowest BCUT2D eigenvalue weighted by atomic mass is 9.98. The molecule has 0 atom stereocenters. The molecule has 1 N–H and O–H groups in total. The fourth-order valence-electron chi connectivity index (χ4n) is 5.96. The summed E-state index contributed by atoms with van der Waals surface area (Å²) < 4.78 is 18.8. The Morgan fingerprint density at radius 1 is 0.878 bits per heavy atom. The Morgan fingerprint density at radius 2 is 1.53 bits per heavy atom. The first-order valence-electron chi connectivity index (χ1n) is 15.9. The van der Waals surface area contributed by atoms with Gasteiger partial charge in [0.05, 0.1) is 5.69 Å². The second-order valence-corrected chi connectivity index (χ2v) is 14.0. The third-order valence-corrected chi connectivity index (χ3v) is 9.44. The molecule has 0 aromatic heterocycles. The number of fused-ring (bicyclic) bond motifs is 4. The van der Waals surface area contributed by atoms with Crippen LogP contribution in [-0.4, -0.2) is 30.9 Å². The quantitative estimate of drug-likeness (QED) is 0.151. The molecule has 9 heteroatoms. The van der Waals surface area contributed by atoms with Crippen molar-refractivity contribution in [3.8, 4) is 16.9 Å². The minimum Gasteiger partial charge on any atom is -0.488 e. The van der Waals surface area contributed by atoms with E-state index in [4.69, 9.17) is 25.8 Å². The number of ether oxygens (including phenoxy) is 3. The fourth-order valence-corrected chi connectivity index (χ4v) is 6.95. The largest absolute Gasteiger partial charge is 0.488 e. The second-order valence-electron chi connectivity index (χ2n) is 12.6. The lowest BCUT2D eigenvalue weighted by Crippen LogP contribution is -2.37. The molecule has 0 radical (unpaired) electrons. The normalized spacial score (nSPS) is 12.4. The van der Waals surface area contributed by atoms with Crippen LogP contribution in [0.3, 0.4) is 0 Å². The molecule has 0 aliphatic heterocycles. The molecule has 0 bridgehead atoms. The molecule has 1 aliphatic rings. The molecule has 7 nitrogen and oxygen atoms in total. The molecule has 0 spiro atoms. The van der Waals surface area contributed by atoms with E-state index in [-0.39, 0.29) is 19.1 Å².